The van der Waals surface area contributed by atoms with E-state index in [1.165, 1.54) is 11.1 Å². The lowest BCUT2D eigenvalue weighted by Gasteiger charge is -2.01. The highest BCUT2D eigenvalue weighted by molar-refractivity contribution is 5.78. The first-order chi connectivity index (χ1) is 7.22. The summed E-state index contributed by atoms with van der Waals surface area (Å²) in [6.07, 6.45) is 4.74. The highest BCUT2D eigenvalue weighted by Crippen LogP contribution is 2.07. The van der Waals surface area contributed by atoms with Crippen molar-refractivity contribution in [2.24, 2.45) is 0 Å². The van der Waals surface area contributed by atoms with E-state index in [1.54, 1.807) is 6.08 Å². The molecule has 0 aliphatic carbocycles. The molecule has 1 nitrogen and oxygen atoms in total. The van der Waals surface area contributed by atoms with Crippen molar-refractivity contribution >= 4 is 5.78 Å². The number of benzene rings is 1. The second-order valence-electron chi connectivity index (χ2n) is 3.85. The van der Waals surface area contributed by atoms with Crippen LogP contribution in [0.5, 0.6) is 0 Å². The smallest absolute Gasteiger partial charge is 0.133 e. The fourth-order valence-corrected chi connectivity index (χ4v) is 1.43. The van der Waals surface area contributed by atoms with Crippen molar-refractivity contribution in [3.63, 3.8) is 0 Å². The van der Waals surface area contributed by atoms with Gasteiger partial charge in [-0.3, -0.25) is 4.79 Å². The summed E-state index contributed by atoms with van der Waals surface area (Å²) in [6.45, 7) is 5.68. The molecule has 0 unspecified atom stereocenters. The van der Waals surface area contributed by atoms with E-state index in [4.69, 9.17) is 0 Å². The monoisotopic (exact) mass is 202 g/mol. The second-order valence-corrected chi connectivity index (χ2v) is 3.85. The van der Waals surface area contributed by atoms with Gasteiger partial charge in [-0.25, -0.2) is 0 Å². The Morgan fingerprint density at radius 3 is 2.53 bits per heavy atom. The van der Waals surface area contributed by atoms with E-state index >= 15 is 0 Å². The topological polar surface area (TPSA) is 17.1 Å². The normalized spacial score (nSPS) is 9.93. The number of hydrogen-bond donors (Lipinski definition) is 0. The van der Waals surface area contributed by atoms with Gasteiger partial charge in [0.15, 0.2) is 0 Å². The third kappa shape index (κ3) is 4.59. The maximum atomic E-state index is 11.4. The Morgan fingerprint density at radius 1 is 1.27 bits per heavy atom. The molecule has 0 bridgehead atoms. The number of Topliss-reactive ketones (excluding diaryl/α,β-unsaturated/α-hetero) is 1. The van der Waals surface area contributed by atoms with Gasteiger partial charge in [-0.2, -0.15) is 0 Å². The number of allylic oxidation sites excluding steroid dienone is 1. The van der Waals surface area contributed by atoms with Gasteiger partial charge in [0.05, 0.1) is 0 Å². The summed E-state index contributed by atoms with van der Waals surface area (Å²) in [5.41, 5.74) is 2.50. The minimum Gasteiger partial charge on any atom is -0.300 e. The SMILES string of the molecule is C=CCCC(=O)CCc1ccc(C)cc1. The number of carbonyl (C=O) groups excluding carboxylic acids is 1. The van der Waals surface area contributed by atoms with Crippen LogP contribution in [0.4, 0.5) is 0 Å². The lowest BCUT2D eigenvalue weighted by Crippen LogP contribution is -1.99. The summed E-state index contributed by atoms with van der Waals surface area (Å²) in [6, 6.07) is 8.36. The summed E-state index contributed by atoms with van der Waals surface area (Å²) < 4.78 is 0. The molecule has 0 saturated carbocycles. The van der Waals surface area contributed by atoms with Crippen molar-refractivity contribution in [2.45, 2.75) is 32.6 Å². The Bertz CT molecular complexity index is 322. The predicted octanol–water partition coefficient (Wildman–Crippen LogP) is 3.46. The molecule has 1 aromatic carbocycles. The Morgan fingerprint density at radius 2 is 1.93 bits per heavy atom. The van der Waals surface area contributed by atoms with E-state index in [0.29, 0.717) is 18.6 Å². The molecule has 0 heterocycles. The highest BCUT2D eigenvalue weighted by Gasteiger charge is 2.01. The maximum absolute atomic E-state index is 11.4. The van der Waals surface area contributed by atoms with Gasteiger partial charge in [-0.15, -0.1) is 6.58 Å². The first-order valence-electron chi connectivity index (χ1n) is 5.40. The lowest BCUT2D eigenvalue weighted by atomic mass is 10.0. The van der Waals surface area contributed by atoms with Gasteiger partial charge in [0.1, 0.15) is 5.78 Å². The van der Waals surface area contributed by atoms with Crippen molar-refractivity contribution in [3.8, 4) is 0 Å². The summed E-state index contributed by atoms with van der Waals surface area (Å²) in [7, 11) is 0. The van der Waals surface area contributed by atoms with Crippen molar-refractivity contribution < 1.29 is 4.79 Å². The Hall–Kier alpha value is -1.37. The third-order valence-corrected chi connectivity index (χ3v) is 2.44. The van der Waals surface area contributed by atoms with E-state index in [9.17, 15) is 4.79 Å². The van der Waals surface area contributed by atoms with E-state index in [0.717, 1.165) is 12.8 Å². The van der Waals surface area contributed by atoms with E-state index in [2.05, 4.69) is 37.8 Å². The number of rotatable bonds is 6. The summed E-state index contributed by atoms with van der Waals surface area (Å²) in [5.74, 6) is 0.329. The van der Waals surface area contributed by atoms with Gasteiger partial charge in [0, 0.05) is 12.8 Å². The van der Waals surface area contributed by atoms with Crippen molar-refractivity contribution in [1.82, 2.24) is 0 Å². The van der Waals surface area contributed by atoms with Gasteiger partial charge in [-0.05, 0) is 25.3 Å². The zero-order chi connectivity index (χ0) is 11.1. The molecule has 1 aromatic rings. The molecular weight excluding hydrogens is 184 g/mol. The molecule has 80 valence electrons. The van der Waals surface area contributed by atoms with Gasteiger partial charge in [0.2, 0.25) is 0 Å². The summed E-state index contributed by atoms with van der Waals surface area (Å²) in [4.78, 5) is 11.4. The zero-order valence-corrected chi connectivity index (χ0v) is 9.33. The Labute approximate surface area is 91.8 Å². The van der Waals surface area contributed by atoms with Crippen LogP contribution < -0.4 is 0 Å². The van der Waals surface area contributed by atoms with Crippen LogP contribution in [0.1, 0.15) is 30.4 Å². The molecule has 0 aromatic heterocycles. The average Bonchev–Trinajstić information content (AvgIpc) is 2.25. The molecule has 15 heavy (non-hydrogen) atoms. The number of hydrogen-bond acceptors (Lipinski definition) is 1. The minimum absolute atomic E-state index is 0.329. The molecule has 0 fully saturated rings. The van der Waals surface area contributed by atoms with Crippen LogP contribution >= 0.6 is 0 Å². The van der Waals surface area contributed by atoms with Crippen LogP contribution in [-0.2, 0) is 11.2 Å². The molecule has 1 heteroatoms. The second kappa shape index (κ2) is 6.18. The van der Waals surface area contributed by atoms with Crippen molar-refractivity contribution in [3.05, 3.63) is 48.0 Å². The predicted molar refractivity (Wildman–Crippen MR) is 63.9 cm³/mol. The maximum Gasteiger partial charge on any atom is 0.133 e. The van der Waals surface area contributed by atoms with Crippen molar-refractivity contribution in [1.29, 1.82) is 0 Å². The molecule has 1 rings (SSSR count). The lowest BCUT2D eigenvalue weighted by molar-refractivity contribution is -0.118. The van der Waals surface area contributed by atoms with Crippen LogP contribution in [0.2, 0.25) is 0 Å². The van der Waals surface area contributed by atoms with Gasteiger partial charge < -0.3 is 0 Å². The van der Waals surface area contributed by atoms with Crippen LogP contribution in [-0.4, -0.2) is 5.78 Å². The highest BCUT2D eigenvalue weighted by atomic mass is 16.1. The van der Waals surface area contributed by atoms with Crippen LogP contribution in [0, 0.1) is 6.92 Å². The van der Waals surface area contributed by atoms with Gasteiger partial charge in [-0.1, -0.05) is 35.9 Å². The molecule has 0 radical (unpaired) electrons. The zero-order valence-electron chi connectivity index (χ0n) is 9.33. The quantitative estimate of drug-likeness (QED) is 0.646. The summed E-state index contributed by atoms with van der Waals surface area (Å²) in [5, 5.41) is 0. The molecule has 0 saturated heterocycles. The Balaban J connectivity index is 2.33. The standard InChI is InChI=1S/C14H18O/c1-3-4-5-14(15)11-10-13-8-6-12(2)7-9-13/h3,6-9H,1,4-5,10-11H2,2H3. The van der Waals surface area contributed by atoms with E-state index in [1.807, 2.05) is 0 Å². The number of carbonyl (C=O) groups is 1. The van der Waals surface area contributed by atoms with Crippen LogP contribution in [0.15, 0.2) is 36.9 Å². The minimum atomic E-state index is 0.329. The molecule has 0 aliphatic heterocycles. The fourth-order valence-electron chi connectivity index (χ4n) is 1.43. The third-order valence-electron chi connectivity index (χ3n) is 2.44. The van der Waals surface area contributed by atoms with E-state index in [-0.39, 0.29) is 0 Å². The summed E-state index contributed by atoms with van der Waals surface area (Å²) >= 11 is 0. The number of aryl methyl sites for hydroxylation is 2. The molecule has 0 amide bonds. The molecule has 0 atom stereocenters. The first-order valence-corrected chi connectivity index (χ1v) is 5.40. The molecule has 0 aliphatic rings. The first kappa shape index (κ1) is 11.7. The van der Waals surface area contributed by atoms with Gasteiger partial charge >= 0.3 is 0 Å². The van der Waals surface area contributed by atoms with E-state index < -0.39 is 0 Å². The largest absolute Gasteiger partial charge is 0.300 e. The van der Waals surface area contributed by atoms with Crippen molar-refractivity contribution in [2.75, 3.05) is 0 Å². The van der Waals surface area contributed by atoms with Crippen LogP contribution in [0.3, 0.4) is 0 Å². The van der Waals surface area contributed by atoms with Gasteiger partial charge in [0.25, 0.3) is 0 Å². The fraction of sp³-hybridized carbons (Fsp3) is 0.357. The Kier molecular flexibility index (Phi) is 4.82. The van der Waals surface area contributed by atoms with Crippen LogP contribution in [0.25, 0.3) is 0 Å². The molecular formula is C14H18O. The molecule has 0 N–H and O–H groups in total. The molecule has 0 spiro atoms. The number of ketones is 1. The average molecular weight is 202 g/mol.